The summed E-state index contributed by atoms with van der Waals surface area (Å²) < 4.78 is 0. The molecule has 1 saturated carbocycles. The van der Waals surface area contributed by atoms with Crippen molar-refractivity contribution < 1.29 is 9.90 Å². The van der Waals surface area contributed by atoms with Crippen molar-refractivity contribution in [2.75, 3.05) is 0 Å². The van der Waals surface area contributed by atoms with Crippen LogP contribution in [0.3, 0.4) is 0 Å². The van der Waals surface area contributed by atoms with Gasteiger partial charge in [0.2, 0.25) is 0 Å². The summed E-state index contributed by atoms with van der Waals surface area (Å²) in [6.45, 7) is 2.08. The number of Topliss-reactive ketones (excluding diaryl/α,β-unsaturated/α-hetero) is 1. The molecule has 4 rings (SSSR count). The fraction of sp³-hybridized carbons (Fsp3) is 0.259. The molecule has 0 radical (unpaired) electrons. The Kier molecular flexibility index (Phi) is 6.08. The van der Waals surface area contributed by atoms with Gasteiger partial charge >= 0.3 is 0 Å². The van der Waals surface area contributed by atoms with E-state index in [2.05, 4.69) is 31.2 Å². The smallest absolute Gasteiger partial charge is 0.168 e. The number of benzene rings is 3. The lowest BCUT2D eigenvalue weighted by atomic mass is 9.78. The summed E-state index contributed by atoms with van der Waals surface area (Å²) in [5, 5.41) is 13.0. The molecule has 1 fully saturated rings. The third kappa shape index (κ3) is 4.35. The van der Waals surface area contributed by atoms with Gasteiger partial charge in [-0.2, -0.15) is 0 Å². The second kappa shape index (κ2) is 9.08. The Hall–Kier alpha value is -3.20. The van der Waals surface area contributed by atoms with E-state index in [4.69, 9.17) is 4.99 Å². The minimum atomic E-state index is -0.0109. The number of nitrogens with zero attached hydrogens (tertiary/aromatic N) is 1. The van der Waals surface area contributed by atoms with Crippen molar-refractivity contribution in [1.29, 1.82) is 0 Å². The maximum Gasteiger partial charge on any atom is 0.168 e. The van der Waals surface area contributed by atoms with E-state index < -0.39 is 0 Å². The molecule has 30 heavy (non-hydrogen) atoms. The molecule has 0 spiro atoms. The minimum Gasteiger partial charge on any atom is -0.511 e. The van der Waals surface area contributed by atoms with Crippen LogP contribution in [0.25, 0.3) is 10.8 Å². The molecule has 0 aliphatic heterocycles. The lowest BCUT2D eigenvalue weighted by molar-refractivity contribution is -0.115. The monoisotopic (exact) mass is 397 g/mol. The van der Waals surface area contributed by atoms with Crippen LogP contribution in [-0.4, -0.2) is 16.6 Å². The molecular weight excluding hydrogens is 370 g/mol. The SMILES string of the molecule is CCCCC(O)=C1C(=O)C[C@@H](c2ccccc2)CC1=Nc1ccc2ccccc2c1. The van der Waals surface area contributed by atoms with Crippen molar-refractivity contribution in [1.82, 2.24) is 0 Å². The molecule has 0 heterocycles. The van der Waals surface area contributed by atoms with E-state index in [9.17, 15) is 9.90 Å². The zero-order chi connectivity index (χ0) is 20.9. The maximum atomic E-state index is 13.1. The van der Waals surface area contributed by atoms with Crippen LogP contribution in [0.2, 0.25) is 0 Å². The normalized spacial score (nSPS) is 20.0. The standard InChI is InChI=1S/C27H27NO2/c1-2-3-13-25(29)27-24(17-22(18-26(27)30)19-9-5-4-6-10-19)28-23-15-14-20-11-7-8-12-21(20)16-23/h4-12,14-16,22,29H,2-3,13,17-18H2,1H3/t22-/m0/s1. The topological polar surface area (TPSA) is 49.7 Å². The first-order chi connectivity index (χ1) is 14.7. The lowest BCUT2D eigenvalue weighted by Gasteiger charge is -2.26. The number of aliphatic hydroxyl groups excluding tert-OH is 1. The molecule has 0 bridgehead atoms. The van der Waals surface area contributed by atoms with Crippen LogP contribution in [0.1, 0.15) is 50.5 Å². The molecule has 3 aromatic rings. The van der Waals surface area contributed by atoms with Crippen molar-refractivity contribution in [3.8, 4) is 0 Å². The van der Waals surface area contributed by atoms with Gasteiger partial charge in [-0.1, -0.05) is 74.0 Å². The largest absolute Gasteiger partial charge is 0.511 e. The molecule has 152 valence electrons. The average Bonchev–Trinajstić information content (AvgIpc) is 2.77. The van der Waals surface area contributed by atoms with Crippen LogP contribution >= 0.6 is 0 Å². The number of carbonyl (C=O) groups excluding carboxylic acids is 1. The zero-order valence-corrected chi connectivity index (χ0v) is 17.3. The summed E-state index contributed by atoms with van der Waals surface area (Å²) in [5.41, 5.74) is 3.09. The van der Waals surface area contributed by atoms with Gasteiger partial charge in [0, 0.05) is 12.8 Å². The third-order valence-corrected chi connectivity index (χ3v) is 5.76. The fourth-order valence-corrected chi connectivity index (χ4v) is 4.16. The van der Waals surface area contributed by atoms with Crippen molar-refractivity contribution in [2.45, 2.75) is 44.9 Å². The molecule has 1 N–H and O–H groups in total. The molecule has 0 aromatic heterocycles. The molecule has 3 nitrogen and oxygen atoms in total. The Morgan fingerprint density at radius 2 is 1.70 bits per heavy atom. The number of rotatable bonds is 5. The Bertz CT molecular complexity index is 1110. The predicted molar refractivity (Wildman–Crippen MR) is 124 cm³/mol. The number of ketones is 1. The number of unbranched alkanes of at least 4 members (excludes halogenated alkanes) is 1. The quantitative estimate of drug-likeness (QED) is 0.370. The van der Waals surface area contributed by atoms with Crippen LogP contribution in [0.15, 0.2) is 89.1 Å². The summed E-state index contributed by atoms with van der Waals surface area (Å²) in [5.74, 6) is 0.261. The van der Waals surface area contributed by atoms with Crippen LogP contribution in [-0.2, 0) is 4.79 Å². The first-order valence-corrected chi connectivity index (χ1v) is 10.7. The van der Waals surface area contributed by atoms with Crippen molar-refractivity contribution in [2.24, 2.45) is 4.99 Å². The highest BCUT2D eigenvalue weighted by Crippen LogP contribution is 2.35. The van der Waals surface area contributed by atoms with Gasteiger partial charge in [-0.15, -0.1) is 0 Å². The first kappa shape index (κ1) is 20.1. The number of allylic oxidation sites excluding steroid dienone is 2. The second-order valence-electron chi connectivity index (χ2n) is 7.95. The molecule has 3 aromatic carbocycles. The molecule has 1 aliphatic rings. The lowest BCUT2D eigenvalue weighted by Crippen LogP contribution is -2.26. The van der Waals surface area contributed by atoms with Crippen molar-refractivity contribution in [3.05, 3.63) is 89.7 Å². The molecule has 3 heteroatoms. The highest BCUT2D eigenvalue weighted by molar-refractivity contribution is 6.25. The van der Waals surface area contributed by atoms with Gasteiger partial charge in [-0.05, 0) is 47.2 Å². The van der Waals surface area contributed by atoms with E-state index in [1.807, 2.05) is 48.5 Å². The Morgan fingerprint density at radius 3 is 2.47 bits per heavy atom. The fourth-order valence-electron chi connectivity index (χ4n) is 4.16. The van der Waals surface area contributed by atoms with Crippen LogP contribution in [0.5, 0.6) is 0 Å². The number of aliphatic hydroxyl groups is 1. The van der Waals surface area contributed by atoms with Gasteiger partial charge in [0.15, 0.2) is 5.78 Å². The van der Waals surface area contributed by atoms with E-state index in [-0.39, 0.29) is 17.5 Å². The maximum absolute atomic E-state index is 13.1. The molecule has 0 unspecified atom stereocenters. The third-order valence-electron chi connectivity index (χ3n) is 5.76. The Labute approximate surface area is 177 Å². The predicted octanol–water partition coefficient (Wildman–Crippen LogP) is 7.06. The summed E-state index contributed by atoms with van der Waals surface area (Å²) in [6.07, 6.45) is 3.40. The summed E-state index contributed by atoms with van der Waals surface area (Å²) in [7, 11) is 0. The molecule has 1 aliphatic carbocycles. The van der Waals surface area contributed by atoms with Gasteiger partial charge in [-0.25, -0.2) is 0 Å². The van der Waals surface area contributed by atoms with Gasteiger partial charge in [0.05, 0.1) is 17.0 Å². The zero-order valence-electron chi connectivity index (χ0n) is 17.3. The van der Waals surface area contributed by atoms with Crippen molar-refractivity contribution in [3.63, 3.8) is 0 Å². The van der Waals surface area contributed by atoms with E-state index in [1.54, 1.807) is 0 Å². The van der Waals surface area contributed by atoms with Gasteiger partial charge < -0.3 is 5.11 Å². The Balaban J connectivity index is 1.76. The number of hydrogen-bond acceptors (Lipinski definition) is 3. The first-order valence-electron chi connectivity index (χ1n) is 10.7. The van der Waals surface area contributed by atoms with E-state index in [1.165, 1.54) is 0 Å². The van der Waals surface area contributed by atoms with Gasteiger partial charge in [0.1, 0.15) is 5.76 Å². The number of carbonyl (C=O) groups is 1. The molecular formula is C27H27NO2. The summed E-state index contributed by atoms with van der Waals surface area (Å²) in [4.78, 5) is 18.0. The van der Waals surface area contributed by atoms with Crippen LogP contribution < -0.4 is 0 Å². The molecule has 0 saturated heterocycles. The highest BCUT2D eigenvalue weighted by Gasteiger charge is 2.32. The Morgan fingerprint density at radius 1 is 0.967 bits per heavy atom. The van der Waals surface area contributed by atoms with E-state index >= 15 is 0 Å². The van der Waals surface area contributed by atoms with Crippen LogP contribution in [0, 0.1) is 0 Å². The van der Waals surface area contributed by atoms with E-state index in [0.29, 0.717) is 30.5 Å². The van der Waals surface area contributed by atoms with Crippen LogP contribution in [0.4, 0.5) is 5.69 Å². The van der Waals surface area contributed by atoms with E-state index in [0.717, 1.165) is 34.9 Å². The number of hydrogen-bond donors (Lipinski definition) is 1. The molecule has 1 atom stereocenters. The highest BCUT2D eigenvalue weighted by atomic mass is 16.3. The average molecular weight is 398 g/mol. The van der Waals surface area contributed by atoms with Gasteiger partial charge in [0.25, 0.3) is 0 Å². The molecule has 0 amide bonds. The van der Waals surface area contributed by atoms with Gasteiger partial charge in [-0.3, -0.25) is 9.79 Å². The number of fused-ring (bicyclic) bond motifs is 1. The second-order valence-corrected chi connectivity index (χ2v) is 7.95. The minimum absolute atomic E-state index is 0.0109. The summed E-state index contributed by atoms with van der Waals surface area (Å²) in [6, 6.07) is 24.4. The summed E-state index contributed by atoms with van der Waals surface area (Å²) >= 11 is 0. The van der Waals surface area contributed by atoms with Crippen molar-refractivity contribution >= 4 is 28.0 Å². The number of aliphatic imine (C=N–C) groups is 1.